The van der Waals surface area contributed by atoms with Gasteiger partial charge in [-0.15, -0.1) is 0 Å². The fraction of sp³-hybridized carbons (Fsp3) is 0.500. The Hall–Kier alpha value is -1.79. The molecule has 5 nitrogen and oxygen atoms in total. The predicted molar refractivity (Wildman–Crippen MR) is 78.7 cm³/mol. The average molecular weight is 305 g/mol. The molecule has 0 N–H and O–H groups in total. The van der Waals surface area contributed by atoms with Gasteiger partial charge >= 0.3 is 0 Å². The maximum atomic E-state index is 13.0. The third kappa shape index (κ3) is 3.69. The van der Waals surface area contributed by atoms with Crippen LogP contribution in [-0.2, 0) is 17.7 Å². The topological polar surface area (TPSA) is 51.4 Å². The van der Waals surface area contributed by atoms with Crippen molar-refractivity contribution in [2.75, 3.05) is 19.7 Å². The zero-order valence-corrected chi connectivity index (χ0v) is 12.7. The van der Waals surface area contributed by atoms with Gasteiger partial charge in [-0.3, -0.25) is 4.90 Å². The van der Waals surface area contributed by atoms with E-state index in [1.54, 1.807) is 12.1 Å². The molecule has 1 aliphatic rings. The molecular weight excluding hydrogens is 285 g/mol. The first-order valence-electron chi connectivity index (χ1n) is 7.65. The largest absolute Gasteiger partial charge is 0.371 e. The van der Waals surface area contributed by atoms with Crippen LogP contribution in [0.15, 0.2) is 28.8 Å². The molecule has 22 heavy (non-hydrogen) atoms. The number of hydrogen-bond acceptors (Lipinski definition) is 5. The molecule has 0 bridgehead atoms. The third-order valence-electron chi connectivity index (χ3n) is 3.73. The lowest BCUT2D eigenvalue weighted by molar-refractivity contribution is -0.0356. The molecule has 1 fully saturated rings. The Kier molecular flexibility index (Phi) is 4.80. The van der Waals surface area contributed by atoms with E-state index in [0.717, 1.165) is 37.3 Å². The fourth-order valence-electron chi connectivity index (χ4n) is 2.60. The molecule has 1 aromatic heterocycles. The second-order valence-corrected chi connectivity index (χ2v) is 5.50. The van der Waals surface area contributed by atoms with Crippen molar-refractivity contribution in [2.45, 2.75) is 32.4 Å². The van der Waals surface area contributed by atoms with E-state index < -0.39 is 0 Å². The summed E-state index contributed by atoms with van der Waals surface area (Å²) in [6, 6.07) is 6.48. The van der Waals surface area contributed by atoms with E-state index in [1.807, 2.05) is 0 Å². The maximum Gasteiger partial charge on any atom is 0.240 e. The van der Waals surface area contributed by atoms with Gasteiger partial charge in [-0.1, -0.05) is 24.2 Å². The molecule has 0 aliphatic carbocycles. The minimum absolute atomic E-state index is 0.0487. The van der Waals surface area contributed by atoms with E-state index in [1.165, 1.54) is 12.1 Å². The van der Waals surface area contributed by atoms with Crippen molar-refractivity contribution >= 4 is 0 Å². The summed E-state index contributed by atoms with van der Waals surface area (Å²) in [6.45, 7) is 4.90. The Balaban J connectivity index is 1.61. The Morgan fingerprint density at radius 2 is 2.14 bits per heavy atom. The van der Waals surface area contributed by atoms with E-state index in [4.69, 9.17) is 9.26 Å². The van der Waals surface area contributed by atoms with E-state index in [0.29, 0.717) is 19.0 Å². The van der Waals surface area contributed by atoms with Gasteiger partial charge in [0.15, 0.2) is 5.82 Å². The van der Waals surface area contributed by atoms with Crippen molar-refractivity contribution in [1.82, 2.24) is 15.0 Å². The summed E-state index contributed by atoms with van der Waals surface area (Å²) in [4.78, 5) is 6.62. The van der Waals surface area contributed by atoms with Gasteiger partial charge in [-0.25, -0.2) is 4.39 Å². The van der Waals surface area contributed by atoms with Gasteiger partial charge in [0.2, 0.25) is 5.89 Å². The highest BCUT2D eigenvalue weighted by molar-refractivity contribution is 5.19. The number of nitrogens with zero attached hydrogens (tertiary/aromatic N) is 3. The molecule has 0 saturated carbocycles. The van der Waals surface area contributed by atoms with Crippen LogP contribution in [0.3, 0.4) is 0 Å². The molecule has 118 valence electrons. The van der Waals surface area contributed by atoms with Crippen LogP contribution in [0, 0.1) is 5.82 Å². The van der Waals surface area contributed by atoms with Crippen LogP contribution >= 0.6 is 0 Å². The van der Waals surface area contributed by atoms with Gasteiger partial charge < -0.3 is 9.26 Å². The Morgan fingerprint density at radius 1 is 1.32 bits per heavy atom. The molecule has 1 unspecified atom stereocenters. The third-order valence-corrected chi connectivity index (χ3v) is 3.73. The van der Waals surface area contributed by atoms with Gasteiger partial charge in [0.05, 0.1) is 19.3 Å². The molecular formula is C16H20FN3O2. The molecule has 0 radical (unpaired) electrons. The monoisotopic (exact) mass is 305 g/mol. The lowest BCUT2D eigenvalue weighted by Gasteiger charge is -2.32. The van der Waals surface area contributed by atoms with E-state index in [2.05, 4.69) is 22.0 Å². The van der Waals surface area contributed by atoms with E-state index in [9.17, 15) is 4.39 Å². The van der Waals surface area contributed by atoms with Gasteiger partial charge in [0.1, 0.15) is 5.82 Å². The second-order valence-electron chi connectivity index (χ2n) is 5.50. The lowest BCUT2D eigenvalue weighted by atomic mass is 10.1. The quantitative estimate of drug-likeness (QED) is 0.850. The number of morpholine rings is 1. The number of ether oxygens (including phenoxy) is 1. The smallest absolute Gasteiger partial charge is 0.240 e. The van der Waals surface area contributed by atoms with Crippen LogP contribution in [-0.4, -0.2) is 34.7 Å². The molecule has 1 atom stereocenters. The minimum atomic E-state index is -0.231. The van der Waals surface area contributed by atoms with Crippen molar-refractivity contribution in [3.63, 3.8) is 0 Å². The molecule has 1 aromatic carbocycles. The summed E-state index contributed by atoms with van der Waals surface area (Å²) in [5, 5.41) is 3.97. The molecule has 2 aromatic rings. The summed E-state index contributed by atoms with van der Waals surface area (Å²) in [6.07, 6.45) is 1.79. The molecule has 3 rings (SSSR count). The van der Waals surface area contributed by atoms with Crippen molar-refractivity contribution in [1.29, 1.82) is 0 Å². The molecule has 1 saturated heterocycles. The second kappa shape index (κ2) is 6.98. The van der Waals surface area contributed by atoms with Crippen LogP contribution in [0.4, 0.5) is 4.39 Å². The van der Waals surface area contributed by atoms with Crippen LogP contribution in [0.25, 0.3) is 0 Å². The first-order chi connectivity index (χ1) is 10.7. The first-order valence-corrected chi connectivity index (χ1v) is 7.65. The number of aromatic nitrogens is 2. The molecule has 0 spiro atoms. The van der Waals surface area contributed by atoms with Crippen molar-refractivity contribution in [2.24, 2.45) is 0 Å². The predicted octanol–water partition coefficient (Wildman–Crippen LogP) is 2.73. The summed E-state index contributed by atoms with van der Waals surface area (Å²) in [5.41, 5.74) is 0.989. The SMILES string of the molecule is CCCc1noc(CN2CCOC(c3ccc(F)cc3)C2)n1. The first kappa shape index (κ1) is 15.1. The highest BCUT2D eigenvalue weighted by Crippen LogP contribution is 2.23. The van der Waals surface area contributed by atoms with Crippen LogP contribution in [0.1, 0.15) is 36.7 Å². The summed E-state index contributed by atoms with van der Waals surface area (Å²) in [5.74, 6) is 1.18. The number of rotatable bonds is 5. The molecule has 1 aliphatic heterocycles. The average Bonchev–Trinajstić information content (AvgIpc) is 2.96. The van der Waals surface area contributed by atoms with Gasteiger partial charge in [0, 0.05) is 19.5 Å². The zero-order valence-electron chi connectivity index (χ0n) is 12.7. The van der Waals surface area contributed by atoms with Crippen LogP contribution in [0.2, 0.25) is 0 Å². The van der Waals surface area contributed by atoms with Crippen molar-refractivity contribution in [3.8, 4) is 0 Å². The zero-order chi connectivity index (χ0) is 15.4. The maximum absolute atomic E-state index is 13.0. The highest BCUT2D eigenvalue weighted by atomic mass is 19.1. The number of benzene rings is 1. The van der Waals surface area contributed by atoms with Gasteiger partial charge in [-0.2, -0.15) is 4.98 Å². The normalized spacial score (nSPS) is 19.5. The lowest BCUT2D eigenvalue weighted by Crippen LogP contribution is -2.37. The van der Waals surface area contributed by atoms with Gasteiger partial charge in [0.25, 0.3) is 0 Å². The van der Waals surface area contributed by atoms with E-state index in [-0.39, 0.29) is 11.9 Å². The Morgan fingerprint density at radius 3 is 2.91 bits per heavy atom. The van der Waals surface area contributed by atoms with Crippen LogP contribution < -0.4 is 0 Å². The van der Waals surface area contributed by atoms with Gasteiger partial charge in [-0.05, 0) is 24.1 Å². The van der Waals surface area contributed by atoms with Crippen LogP contribution in [0.5, 0.6) is 0 Å². The van der Waals surface area contributed by atoms with Crippen molar-refractivity contribution in [3.05, 3.63) is 47.4 Å². The number of aryl methyl sites for hydroxylation is 1. The number of halogens is 1. The summed E-state index contributed by atoms with van der Waals surface area (Å²) >= 11 is 0. The molecule has 0 amide bonds. The summed E-state index contributed by atoms with van der Waals surface area (Å²) in [7, 11) is 0. The Labute approximate surface area is 129 Å². The van der Waals surface area contributed by atoms with Crippen molar-refractivity contribution < 1.29 is 13.7 Å². The highest BCUT2D eigenvalue weighted by Gasteiger charge is 2.23. The summed E-state index contributed by atoms with van der Waals surface area (Å²) < 4.78 is 24.1. The number of hydrogen-bond donors (Lipinski definition) is 0. The fourth-order valence-corrected chi connectivity index (χ4v) is 2.60. The Bertz CT molecular complexity index is 600. The standard InChI is InChI=1S/C16H20FN3O2/c1-2-3-15-18-16(22-19-15)11-20-8-9-21-14(10-20)12-4-6-13(17)7-5-12/h4-7,14H,2-3,8-11H2,1H3. The minimum Gasteiger partial charge on any atom is -0.371 e. The molecule has 2 heterocycles. The molecule has 6 heteroatoms. The van der Waals surface area contributed by atoms with E-state index >= 15 is 0 Å².